The van der Waals surface area contributed by atoms with Gasteiger partial charge >= 0.3 is 0 Å². The number of methoxy groups -OCH3 is 1. The van der Waals surface area contributed by atoms with Gasteiger partial charge in [-0.1, -0.05) is 0 Å². The maximum Gasteiger partial charge on any atom is 0.239 e. The molecule has 1 aromatic heterocycles. The minimum Gasteiger partial charge on any atom is -0.481 e. The summed E-state index contributed by atoms with van der Waals surface area (Å²) in [6.45, 7) is 0.709. The summed E-state index contributed by atoms with van der Waals surface area (Å²) < 4.78 is 5.03. The lowest BCUT2D eigenvalue weighted by atomic mass is 9.99. The Kier molecular flexibility index (Phi) is 2.55. The first-order valence-corrected chi connectivity index (χ1v) is 4.79. The van der Waals surface area contributed by atoms with Crippen LogP contribution in [0.3, 0.4) is 0 Å². The second-order valence-corrected chi connectivity index (χ2v) is 3.43. The number of nitrogens with zero attached hydrogens (tertiary/aromatic N) is 1. The van der Waals surface area contributed by atoms with E-state index in [1.54, 1.807) is 13.2 Å². The van der Waals surface area contributed by atoms with Crippen molar-refractivity contribution in [2.45, 2.75) is 12.5 Å². The summed E-state index contributed by atoms with van der Waals surface area (Å²) in [5.41, 5.74) is 7.03. The third-order valence-corrected chi connectivity index (χ3v) is 2.50. The van der Waals surface area contributed by atoms with Gasteiger partial charge in [0.25, 0.3) is 0 Å². The Morgan fingerprint density at radius 2 is 2.47 bits per heavy atom. The van der Waals surface area contributed by atoms with E-state index in [1.807, 2.05) is 6.07 Å². The highest BCUT2D eigenvalue weighted by Crippen LogP contribution is 2.23. The van der Waals surface area contributed by atoms with Crippen molar-refractivity contribution in [3.05, 3.63) is 23.4 Å². The summed E-state index contributed by atoms with van der Waals surface area (Å²) in [6.07, 6.45) is 0.788. The minimum atomic E-state index is -0.424. The SMILES string of the molecule is COc1ccc2c(n1)CCN[C@H]2C(N)=O. The molecular formula is C10H13N3O2. The number of hydrogen-bond donors (Lipinski definition) is 2. The first-order chi connectivity index (χ1) is 7.22. The molecule has 15 heavy (non-hydrogen) atoms. The van der Waals surface area contributed by atoms with Crippen LogP contribution < -0.4 is 15.8 Å². The zero-order valence-electron chi connectivity index (χ0n) is 8.49. The predicted octanol–water partition coefficient (Wildman–Crippen LogP) is -0.238. The van der Waals surface area contributed by atoms with Crippen LogP contribution in [0, 0.1) is 0 Å². The standard InChI is InChI=1S/C10H13N3O2/c1-15-8-3-2-6-7(13-8)4-5-12-9(6)10(11)14/h2-3,9,12H,4-5H2,1H3,(H2,11,14)/t9-/m1/s1. The van der Waals surface area contributed by atoms with Crippen molar-refractivity contribution >= 4 is 5.91 Å². The zero-order chi connectivity index (χ0) is 10.8. The highest BCUT2D eigenvalue weighted by atomic mass is 16.5. The third-order valence-electron chi connectivity index (χ3n) is 2.50. The Morgan fingerprint density at radius 3 is 3.13 bits per heavy atom. The molecule has 5 nitrogen and oxygen atoms in total. The lowest BCUT2D eigenvalue weighted by Crippen LogP contribution is -2.39. The van der Waals surface area contributed by atoms with Crippen molar-refractivity contribution in [3.8, 4) is 5.88 Å². The summed E-state index contributed by atoms with van der Waals surface area (Å²) in [4.78, 5) is 15.5. The van der Waals surface area contributed by atoms with Gasteiger partial charge in [-0.3, -0.25) is 4.79 Å². The third kappa shape index (κ3) is 1.78. The lowest BCUT2D eigenvalue weighted by Gasteiger charge is -2.23. The van der Waals surface area contributed by atoms with E-state index in [0.29, 0.717) is 12.4 Å². The largest absolute Gasteiger partial charge is 0.481 e. The first kappa shape index (κ1) is 9.92. The molecule has 0 saturated carbocycles. The molecule has 3 N–H and O–H groups in total. The Morgan fingerprint density at radius 1 is 1.67 bits per heavy atom. The molecule has 1 aromatic rings. The summed E-state index contributed by atoms with van der Waals surface area (Å²) in [6, 6.07) is 3.15. The van der Waals surface area contributed by atoms with Crippen LogP contribution >= 0.6 is 0 Å². The normalized spacial score (nSPS) is 19.4. The van der Waals surface area contributed by atoms with Crippen LogP contribution in [0.15, 0.2) is 12.1 Å². The number of carbonyl (C=O) groups is 1. The zero-order valence-corrected chi connectivity index (χ0v) is 8.49. The van der Waals surface area contributed by atoms with Crippen molar-refractivity contribution in [3.63, 3.8) is 0 Å². The van der Waals surface area contributed by atoms with Crippen LogP contribution in [0.5, 0.6) is 5.88 Å². The molecule has 0 spiro atoms. The molecule has 5 heteroatoms. The van der Waals surface area contributed by atoms with Crippen LogP contribution in [0.25, 0.3) is 0 Å². The molecule has 1 aliphatic rings. The van der Waals surface area contributed by atoms with Crippen molar-refractivity contribution in [2.75, 3.05) is 13.7 Å². The number of amides is 1. The van der Waals surface area contributed by atoms with Gasteiger partial charge in [-0.2, -0.15) is 0 Å². The molecule has 0 radical (unpaired) electrons. The number of aromatic nitrogens is 1. The van der Waals surface area contributed by atoms with Gasteiger partial charge in [0.2, 0.25) is 11.8 Å². The molecule has 0 bridgehead atoms. The van der Waals surface area contributed by atoms with Crippen LogP contribution in [0.2, 0.25) is 0 Å². The van der Waals surface area contributed by atoms with E-state index in [9.17, 15) is 4.79 Å². The van der Waals surface area contributed by atoms with Gasteiger partial charge in [-0.25, -0.2) is 4.98 Å². The van der Waals surface area contributed by atoms with Gasteiger partial charge < -0.3 is 15.8 Å². The number of fused-ring (bicyclic) bond motifs is 1. The average Bonchev–Trinajstić information content (AvgIpc) is 2.27. The van der Waals surface area contributed by atoms with Crippen LogP contribution in [-0.4, -0.2) is 24.5 Å². The number of nitrogens with two attached hydrogens (primary N) is 1. The van der Waals surface area contributed by atoms with E-state index >= 15 is 0 Å². The summed E-state index contributed by atoms with van der Waals surface area (Å²) >= 11 is 0. The van der Waals surface area contributed by atoms with Gasteiger partial charge in [0.1, 0.15) is 6.04 Å². The average molecular weight is 207 g/mol. The van der Waals surface area contributed by atoms with Gasteiger partial charge in [-0.15, -0.1) is 0 Å². The monoisotopic (exact) mass is 207 g/mol. The van der Waals surface area contributed by atoms with E-state index in [4.69, 9.17) is 10.5 Å². The first-order valence-electron chi connectivity index (χ1n) is 4.79. The molecule has 0 fully saturated rings. The molecule has 1 atom stereocenters. The van der Waals surface area contributed by atoms with Crippen molar-refractivity contribution in [2.24, 2.45) is 5.73 Å². The van der Waals surface area contributed by atoms with Crippen LogP contribution in [0.1, 0.15) is 17.3 Å². The van der Waals surface area contributed by atoms with Crippen molar-refractivity contribution < 1.29 is 9.53 Å². The Bertz CT molecular complexity index is 392. The Balaban J connectivity index is 2.40. The topological polar surface area (TPSA) is 77.2 Å². The maximum atomic E-state index is 11.2. The van der Waals surface area contributed by atoms with E-state index in [-0.39, 0.29) is 5.91 Å². The van der Waals surface area contributed by atoms with Gasteiger partial charge in [0, 0.05) is 24.6 Å². The van der Waals surface area contributed by atoms with Crippen LogP contribution in [-0.2, 0) is 11.2 Å². The Labute approximate surface area is 87.6 Å². The second-order valence-electron chi connectivity index (χ2n) is 3.43. The van der Waals surface area contributed by atoms with Gasteiger partial charge in [-0.05, 0) is 6.07 Å². The van der Waals surface area contributed by atoms with Crippen molar-refractivity contribution in [1.29, 1.82) is 0 Å². The molecule has 0 unspecified atom stereocenters. The minimum absolute atomic E-state index is 0.372. The van der Waals surface area contributed by atoms with E-state index in [1.165, 1.54) is 0 Å². The summed E-state index contributed by atoms with van der Waals surface area (Å²) in [7, 11) is 1.57. The lowest BCUT2D eigenvalue weighted by molar-refractivity contribution is -0.120. The van der Waals surface area contributed by atoms with Gasteiger partial charge in [0.15, 0.2) is 0 Å². The smallest absolute Gasteiger partial charge is 0.239 e. The number of ether oxygens (including phenoxy) is 1. The summed E-state index contributed by atoms with van der Waals surface area (Å²) in [5, 5.41) is 3.06. The number of carbonyl (C=O) groups excluding carboxylic acids is 1. The number of primary amides is 1. The number of rotatable bonds is 2. The summed E-state index contributed by atoms with van der Waals surface area (Å²) in [5.74, 6) is 0.196. The van der Waals surface area contributed by atoms with Crippen molar-refractivity contribution in [1.82, 2.24) is 10.3 Å². The molecule has 1 aliphatic heterocycles. The van der Waals surface area contributed by atoms with E-state index < -0.39 is 6.04 Å². The number of pyridine rings is 1. The number of hydrogen-bond acceptors (Lipinski definition) is 4. The maximum absolute atomic E-state index is 11.2. The molecule has 0 aliphatic carbocycles. The quantitative estimate of drug-likeness (QED) is 0.701. The van der Waals surface area contributed by atoms with E-state index in [2.05, 4.69) is 10.3 Å². The highest BCUT2D eigenvalue weighted by Gasteiger charge is 2.25. The van der Waals surface area contributed by atoms with Crippen LogP contribution in [0.4, 0.5) is 0 Å². The van der Waals surface area contributed by atoms with E-state index in [0.717, 1.165) is 17.7 Å². The fourth-order valence-electron chi connectivity index (χ4n) is 1.77. The fourth-order valence-corrected chi connectivity index (χ4v) is 1.77. The predicted molar refractivity (Wildman–Crippen MR) is 54.4 cm³/mol. The molecule has 0 saturated heterocycles. The second kappa shape index (κ2) is 3.86. The molecule has 1 amide bonds. The fraction of sp³-hybridized carbons (Fsp3) is 0.400. The highest BCUT2D eigenvalue weighted by molar-refractivity contribution is 5.82. The molecule has 2 rings (SSSR count). The Hall–Kier alpha value is -1.62. The molecule has 2 heterocycles. The molecular weight excluding hydrogens is 194 g/mol. The number of nitrogens with one attached hydrogen (secondary N) is 1. The molecule has 0 aromatic carbocycles. The molecule has 80 valence electrons. The van der Waals surface area contributed by atoms with Gasteiger partial charge in [0.05, 0.1) is 12.8 Å².